The summed E-state index contributed by atoms with van der Waals surface area (Å²) in [5.74, 6) is 0. The van der Waals surface area contributed by atoms with Crippen molar-refractivity contribution in [3.63, 3.8) is 0 Å². The number of aliphatic imine (C=N–C) groups is 1. The van der Waals surface area contributed by atoms with Gasteiger partial charge in [0.25, 0.3) is 0 Å². The summed E-state index contributed by atoms with van der Waals surface area (Å²) in [7, 11) is 0. The van der Waals surface area contributed by atoms with Gasteiger partial charge in [-0.2, -0.15) is 0 Å². The second-order valence-electron chi connectivity index (χ2n) is 1.92. The van der Waals surface area contributed by atoms with Gasteiger partial charge < -0.3 is 5.32 Å². The normalized spacial score (nSPS) is 17.0. The minimum Gasteiger partial charge on any atom is -0.359 e. The summed E-state index contributed by atoms with van der Waals surface area (Å²) in [5.41, 5.74) is 1.93. The van der Waals surface area contributed by atoms with Gasteiger partial charge >= 0.3 is 0 Å². The van der Waals surface area contributed by atoms with Crippen LogP contribution in [0.1, 0.15) is 13.3 Å². The monoisotopic (exact) mass is 122 g/mol. The molecule has 0 aromatic heterocycles. The average molecular weight is 122 g/mol. The first kappa shape index (κ1) is 6.08. The number of hydrogen-bond donors (Lipinski definition) is 1. The van der Waals surface area contributed by atoms with Crippen molar-refractivity contribution in [3.05, 3.63) is 24.2 Å². The molecule has 2 heteroatoms. The highest BCUT2D eigenvalue weighted by atomic mass is 14.9. The summed E-state index contributed by atoms with van der Waals surface area (Å²) >= 11 is 0. The number of allylic oxidation sites excluding steroid dienone is 2. The van der Waals surface area contributed by atoms with E-state index in [0.29, 0.717) is 0 Å². The fourth-order valence-electron chi connectivity index (χ4n) is 0.605. The molecule has 0 aliphatic carbocycles. The lowest BCUT2D eigenvalue weighted by atomic mass is 10.3. The van der Waals surface area contributed by atoms with E-state index in [2.05, 4.69) is 23.8 Å². The van der Waals surface area contributed by atoms with Crippen LogP contribution in [0.25, 0.3) is 0 Å². The third-order valence-electron chi connectivity index (χ3n) is 1.17. The molecule has 0 saturated carbocycles. The smallest absolute Gasteiger partial charge is 0.0561 e. The molecule has 0 fully saturated rings. The maximum Gasteiger partial charge on any atom is 0.0561 e. The Morgan fingerprint density at radius 2 is 2.56 bits per heavy atom. The molecule has 0 spiro atoms. The van der Waals surface area contributed by atoms with Crippen molar-refractivity contribution >= 4 is 6.21 Å². The molecule has 1 rings (SSSR count). The van der Waals surface area contributed by atoms with E-state index in [1.807, 2.05) is 6.20 Å². The van der Waals surface area contributed by atoms with Crippen molar-refractivity contribution in [1.29, 1.82) is 0 Å². The van der Waals surface area contributed by atoms with Gasteiger partial charge in [0, 0.05) is 11.9 Å². The molecule has 0 radical (unpaired) electrons. The molecule has 9 heavy (non-hydrogen) atoms. The van der Waals surface area contributed by atoms with Crippen LogP contribution in [0.3, 0.4) is 0 Å². The molecule has 0 aromatic carbocycles. The van der Waals surface area contributed by atoms with Crippen LogP contribution in [-0.2, 0) is 0 Å². The molecule has 48 valence electrons. The Morgan fingerprint density at radius 3 is 3.00 bits per heavy atom. The molecule has 1 aliphatic heterocycles. The maximum atomic E-state index is 4.10. The number of nitrogens with one attached hydrogen (secondary N) is 1. The van der Waals surface area contributed by atoms with E-state index >= 15 is 0 Å². The Bertz CT molecular complexity index is 177. The van der Waals surface area contributed by atoms with Crippen LogP contribution >= 0.6 is 0 Å². The Hall–Kier alpha value is -1.05. The molecule has 1 aliphatic rings. The van der Waals surface area contributed by atoms with E-state index in [1.165, 1.54) is 0 Å². The highest BCUT2D eigenvalue weighted by molar-refractivity contribution is 5.79. The van der Waals surface area contributed by atoms with Crippen molar-refractivity contribution in [2.24, 2.45) is 4.99 Å². The predicted molar refractivity (Wildman–Crippen MR) is 39.1 cm³/mol. The average Bonchev–Trinajstić information content (AvgIpc) is 1.90. The maximum absolute atomic E-state index is 4.10. The summed E-state index contributed by atoms with van der Waals surface area (Å²) in [6, 6.07) is 0. The molecule has 0 bridgehead atoms. The minimum atomic E-state index is 0.854. The van der Waals surface area contributed by atoms with Crippen LogP contribution in [0.4, 0.5) is 0 Å². The Labute approximate surface area is 55.0 Å². The van der Waals surface area contributed by atoms with Crippen LogP contribution in [-0.4, -0.2) is 6.21 Å². The predicted octanol–water partition coefficient (Wildman–Crippen LogP) is 1.43. The first-order valence-electron chi connectivity index (χ1n) is 3.01. The molecular weight excluding hydrogens is 112 g/mol. The van der Waals surface area contributed by atoms with Gasteiger partial charge in [-0.3, -0.25) is 4.99 Å². The van der Waals surface area contributed by atoms with E-state index in [9.17, 15) is 0 Å². The zero-order valence-electron chi connectivity index (χ0n) is 5.52. The first-order chi connectivity index (χ1) is 4.33. The van der Waals surface area contributed by atoms with Crippen LogP contribution in [0.2, 0.25) is 0 Å². The Balaban J connectivity index is 2.63. The standard InChI is InChI=1S/C7H10N2/c1-3-7-5-8-6(2)4-9-7/h4-5,8H,2-3H2,1H3. The van der Waals surface area contributed by atoms with Crippen LogP contribution in [0, 0.1) is 0 Å². The van der Waals surface area contributed by atoms with Gasteiger partial charge in [-0.25, -0.2) is 0 Å². The van der Waals surface area contributed by atoms with Gasteiger partial charge in [0.1, 0.15) is 0 Å². The second-order valence-corrected chi connectivity index (χ2v) is 1.92. The fourth-order valence-corrected chi connectivity index (χ4v) is 0.605. The zero-order chi connectivity index (χ0) is 6.69. The lowest BCUT2D eigenvalue weighted by Gasteiger charge is -2.06. The molecular formula is C7H10N2. The van der Waals surface area contributed by atoms with E-state index in [0.717, 1.165) is 17.8 Å². The molecule has 0 unspecified atom stereocenters. The van der Waals surface area contributed by atoms with E-state index < -0.39 is 0 Å². The van der Waals surface area contributed by atoms with Gasteiger partial charge in [0.05, 0.1) is 11.9 Å². The highest BCUT2D eigenvalue weighted by Crippen LogP contribution is 2.04. The van der Waals surface area contributed by atoms with Crippen molar-refractivity contribution in [2.75, 3.05) is 0 Å². The van der Waals surface area contributed by atoms with Gasteiger partial charge in [-0.05, 0) is 6.42 Å². The summed E-state index contributed by atoms with van der Waals surface area (Å²) in [4.78, 5) is 4.10. The van der Waals surface area contributed by atoms with Crippen LogP contribution in [0.15, 0.2) is 29.2 Å². The van der Waals surface area contributed by atoms with Crippen molar-refractivity contribution < 1.29 is 0 Å². The van der Waals surface area contributed by atoms with E-state index in [1.54, 1.807) is 6.21 Å². The summed E-state index contributed by atoms with van der Waals surface area (Å²) in [6.07, 6.45) is 4.58. The molecule has 0 saturated heterocycles. The summed E-state index contributed by atoms with van der Waals surface area (Å²) in [6.45, 7) is 5.75. The number of hydrogen-bond acceptors (Lipinski definition) is 2. The highest BCUT2D eigenvalue weighted by Gasteiger charge is 1.94. The van der Waals surface area contributed by atoms with Gasteiger partial charge in [0.2, 0.25) is 0 Å². The van der Waals surface area contributed by atoms with Gasteiger partial charge in [-0.1, -0.05) is 13.5 Å². The summed E-state index contributed by atoms with van der Waals surface area (Å²) < 4.78 is 0. The zero-order valence-corrected chi connectivity index (χ0v) is 5.52. The first-order valence-corrected chi connectivity index (χ1v) is 3.01. The van der Waals surface area contributed by atoms with Crippen molar-refractivity contribution in [2.45, 2.75) is 13.3 Å². The minimum absolute atomic E-state index is 0.854. The van der Waals surface area contributed by atoms with Gasteiger partial charge in [0.15, 0.2) is 0 Å². The fraction of sp³-hybridized carbons (Fsp3) is 0.286. The molecule has 0 aromatic rings. The quantitative estimate of drug-likeness (QED) is 0.559. The molecule has 0 amide bonds. The topological polar surface area (TPSA) is 24.4 Å². The lowest BCUT2D eigenvalue weighted by Crippen LogP contribution is -2.09. The van der Waals surface area contributed by atoms with Crippen LogP contribution in [0.5, 0.6) is 0 Å². The van der Waals surface area contributed by atoms with E-state index in [-0.39, 0.29) is 0 Å². The third kappa shape index (κ3) is 1.42. The van der Waals surface area contributed by atoms with Gasteiger partial charge in [-0.15, -0.1) is 0 Å². The molecule has 1 N–H and O–H groups in total. The molecule has 0 atom stereocenters. The molecule has 2 nitrogen and oxygen atoms in total. The SMILES string of the molecule is C=C1C=NC(CC)=CN1. The lowest BCUT2D eigenvalue weighted by molar-refractivity contribution is 0.988. The van der Waals surface area contributed by atoms with Crippen molar-refractivity contribution in [1.82, 2.24) is 5.32 Å². The van der Waals surface area contributed by atoms with Crippen molar-refractivity contribution in [3.8, 4) is 0 Å². The third-order valence-corrected chi connectivity index (χ3v) is 1.17. The number of rotatable bonds is 1. The van der Waals surface area contributed by atoms with Crippen LogP contribution < -0.4 is 5.32 Å². The summed E-state index contributed by atoms with van der Waals surface area (Å²) in [5, 5.41) is 2.98. The number of nitrogens with zero attached hydrogens (tertiary/aromatic N) is 1. The molecule has 1 heterocycles. The Morgan fingerprint density at radius 1 is 1.78 bits per heavy atom. The largest absolute Gasteiger partial charge is 0.359 e. The van der Waals surface area contributed by atoms with E-state index in [4.69, 9.17) is 0 Å². The second kappa shape index (κ2) is 2.49. The Kier molecular flexibility index (Phi) is 1.68.